The molecular weight excluding hydrogens is 366 g/mol. The number of carbonyl (C=O) groups is 1. The minimum atomic E-state index is 0.0786. The maximum Gasteiger partial charge on any atom is 0.253 e. The normalized spacial score (nSPS) is 15.2. The molecule has 4 rings (SSSR count). The van der Waals surface area contributed by atoms with Crippen LogP contribution in [0.2, 0.25) is 0 Å². The monoisotopic (exact) mass is 393 g/mol. The molecule has 1 aliphatic rings. The van der Waals surface area contributed by atoms with Crippen LogP contribution < -0.4 is 4.90 Å². The van der Waals surface area contributed by atoms with E-state index in [9.17, 15) is 4.79 Å². The van der Waals surface area contributed by atoms with E-state index < -0.39 is 0 Å². The van der Waals surface area contributed by atoms with Gasteiger partial charge in [-0.1, -0.05) is 38.1 Å². The fraction of sp³-hybridized carbons (Fsp3) is 0.476. The Hall–Kier alpha value is -3.03. The highest BCUT2D eigenvalue weighted by Crippen LogP contribution is 2.24. The summed E-state index contributed by atoms with van der Waals surface area (Å²) in [5.74, 6) is 0.867. The summed E-state index contributed by atoms with van der Waals surface area (Å²) in [5.41, 5.74) is 3.51. The van der Waals surface area contributed by atoms with E-state index in [4.69, 9.17) is 0 Å². The van der Waals surface area contributed by atoms with Gasteiger partial charge in [0.25, 0.3) is 5.91 Å². The zero-order chi connectivity index (χ0) is 20.6. The number of fused-ring (bicyclic) bond motifs is 1. The van der Waals surface area contributed by atoms with E-state index in [2.05, 4.69) is 58.1 Å². The van der Waals surface area contributed by atoms with Gasteiger partial charge in [-0.05, 0) is 30.0 Å². The Morgan fingerprint density at radius 2 is 1.72 bits per heavy atom. The number of nitrogens with zero attached hydrogens (tertiary/aromatic N) is 7. The molecular formula is C21H27N7O. The highest BCUT2D eigenvalue weighted by atomic mass is 16.2. The average Bonchev–Trinajstić information content (AvgIpc) is 3.16. The molecule has 3 heterocycles. The van der Waals surface area contributed by atoms with Crippen molar-refractivity contribution in [2.75, 3.05) is 31.1 Å². The number of rotatable bonds is 3. The van der Waals surface area contributed by atoms with E-state index in [0.717, 1.165) is 17.0 Å². The largest absolute Gasteiger partial charge is 0.351 e. The molecule has 29 heavy (non-hydrogen) atoms. The zero-order valence-corrected chi connectivity index (χ0v) is 17.5. The zero-order valence-electron chi connectivity index (χ0n) is 17.5. The summed E-state index contributed by atoms with van der Waals surface area (Å²) in [4.78, 5) is 25.7. The van der Waals surface area contributed by atoms with Crippen molar-refractivity contribution in [2.45, 2.75) is 39.7 Å². The third kappa shape index (κ3) is 3.66. The van der Waals surface area contributed by atoms with Gasteiger partial charge in [-0.25, -0.2) is 14.6 Å². The summed E-state index contributed by atoms with van der Waals surface area (Å²) in [5, 5.41) is 8.41. The van der Waals surface area contributed by atoms with Crippen LogP contribution in [0.4, 0.5) is 5.82 Å². The molecule has 8 heteroatoms. The van der Waals surface area contributed by atoms with Gasteiger partial charge in [-0.15, -0.1) is 5.10 Å². The molecule has 0 radical (unpaired) electrons. The second-order valence-electron chi connectivity index (χ2n) is 8.38. The lowest BCUT2D eigenvalue weighted by Crippen LogP contribution is -2.49. The molecule has 2 aromatic heterocycles. The summed E-state index contributed by atoms with van der Waals surface area (Å²) in [6.07, 6.45) is 1.56. The van der Waals surface area contributed by atoms with Crippen LogP contribution in [0.1, 0.15) is 43.6 Å². The van der Waals surface area contributed by atoms with Crippen LogP contribution >= 0.6 is 0 Å². The van der Waals surface area contributed by atoms with Gasteiger partial charge in [0, 0.05) is 38.3 Å². The van der Waals surface area contributed by atoms with Gasteiger partial charge in [0.15, 0.2) is 17.0 Å². The highest BCUT2D eigenvalue weighted by Gasteiger charge is 2.25. The summed E-state index contributed by atoms with van der Waals surface area (Å²) >= 11 is 0. The number of anilines is 1. The fourth-order valence-corrected chi connectivity index (χ4v) is 3.64. The van der Waals surface area contributed by atoms with Crippen LogP contribution in [0.3, 0.4) is 0 Å². The first kappa shape index (κ1) is 19.3. The Balaban J connectivity index is 1.46. The second kappa shape index (κ2) is 7.42. The van der Waals surface area contributed by atoms with Gasteiger partial charge in [0.1, 0.15) is 6.33 Å². The van der Waals surface area contributed by atoms with Crippen molar-refractivity contribution in [2.24, 2.45) is 0 Å². The molecule has 0 saturated carbocycles. The molecule has 1 aromatic carbocycles. The number of amides is 1. The maximum absolute atomic E-state index is 12.9. The Morgan fingerprint density at radius 1 is 1.03 bits per heavy atom. The first-order valence-electron chi connectivity index (χ1n) is 10.1. The van der Waals surface area contributed by atoms with E-state index in [1.54, 1.807) is 11.0 Å². The van der Waals surface area contributed by atoms with E-state index in [1.807, 2.05) is 24.0 Å². The van der Waals surface area contributed by atoms with Crippen molar-refractivity contribution in [1.29, 1.82) is 0 Å². The second-order valence-corrected chi connectivity index (χ2v) is 8.38. The molecule has 0 unspecified atom stereocenters. The lowest BCUT2D eigenvalue weighted by molar-refractivity contribution is 0.0746. The number of aryl methyl sites for hydroxylation is 1. The predicted molar refractivity (Wildman–Crippen MR) is 112 cm³/mol. The topological polar surface area (TPSA) is 80.0 Å². The van der Waals surface area contributed by atoms with E-state index in [0.29, 0.717) is 38.2 Å². The van der Waals surface area contributed by atoms with E-state index >= 15 is 0 Å². The van der Waals surface area contributed by atoms with Crippen LogP contribution in [0, 0.1) is 0 Å². The highest BCUT2D eigenvalue weighted by molar-refractivity contribution is 5.94. The molecule has 0 N–H and O–H groups in total. The molecule has 1 saturated heterocycles. The molecule has 1 aliphatic heterocycles. The third-order valence-corrected chi connectivity index (χ3v) is 5.44. The molecule has 0 bridgehead atoms. The Labute approximate surface area is 170 Å². The number of aromatic nitrogens is 5. The molecule has 0 spiro atoms. The fourth-order valence-electron chi connectivity index (χ4n) is 3.64. The van der Waals surface area contributed by atoms with Crippen LogP contribution in [0.25, 0.3) is 11.2 Å². The number of benzene rings is 1. The van der Waals surface area contributed by atoms with Crippen LogP contribution in [0.5, 0.6) is 0 Å². The number of piperazine rings is 1. The van der Waals surface area contributed by atoms with E-state index in [-0.39, 0.29) is 11.3 Å². The SMILES string of the molecule is CCn1nnc2c(N3CCN(C(=O)c4ccc(C(C)(C)C)cc4)CC3)ncnc21. The van der Waals surface area contributed by atoms with Crippen molar-refractivity contribution < 1.29 is 4.79 Å². The van der Waals surface area contributed by atoms with E-state index in [1.165, 1.54) is 5.56 Å². The van der Waals surface area contributed by atoms with Crippen molar-refractivity contribution in [3.63, 3.8) is 0 Å². The van der Waals surface area contributed by atoms with Crippen molar-refractivity contribution in [3.8, 4) is 0 Å². The molecule has 1 amide bonds. The van der Waals surface area contributed by atoms with Crippen LogP contribution in [-0.2, 0) is 12.0 Å². The van der Waals surface area contributed by atoms with Gasteiger partial charge in [-0.2, -0.15) is 0 Å². The summed E-state index contributed by atoms with van der Waals surface area (Å²) in [7, 11) is 0. The smallest absolute Gasteiger partial charge is 0.253 e. The number of hydrogen-bond acceptors (Lipinski definition) is 6. The van der Waals surface area contributed by atoms with Gasteiger partial charge in [0.2, 0.25) is 0 Å². The van der Waals surface area contributed by atoms with Gasteiger partial charge < -0.3 is 9.80 Å². The average molecular weight is 393 g/mol. The minimum Gasteiger partial charge on any atom is -0.351 e. The first-order chi connectivity index (χ1) is 13.9. The van der Waals surface area contributed by atoms with Crippen molar-refractivity contribution in [1.82, 2.24) is 29.9 Å². The summed E-state index contributed by atoms with van der Waals surface area (Å²) < 4.78 is 1.77. The van der Waals surface area contributed by atoms with Gasteiger partial charge in [0.05, 0.1) is 0 Å². The molecule has 1 fully saturated rings. The molecule has 8 nitrogen and oxygen atoms in total. The molecule has 152 valence electrons. The molecule has 0 aliphatic carbocycles. The van der Waals surface area contributed by atoms with Crippen LogP contribution in [-0.4, -0.2) is 61.9 Å². The van der Waals surface area contributed by atoms with Crippen LogP contribution in [0.15, 0.2) is 30.6 Å². The minimum absolute atomic E-state index is 0.0786. The Morgan fingerprint density at radius 3 is 2.34 bits per heavy atom. The number of carbonyl (C=O) groups excluding carboxylic acids is 1. The van der Waals surface area contributed by atoms with Crippen molar-refractivity contribution in [3.05, 3.63) is 41.7 Å². The first-order valence-corrected chi connectivity index (χ1v) is 10.1. The number of hydrogen-bond donors (Lipinski definition) is 0. The quantitative estimate of drug-likeness (QED) is 0.680. The molecule has 0 atom stereocenters. The van der Waals surface area contributed by atoms with Gasteiger partial charge in [-0.3, -0.25) is 4.79 Å². The Kier molecular flexibility index (Phi) is 4.94. The Bertz CT molecular complexity index is 1010. The van der Waals surface area contributed by atoms with Gasteiger partial charge >= 0.3 is 0 Å². The lowest BCUT2D eigenvalue weighted by Gasteiger charge is -2.35. The predicted octanol–water partition coefficient (Wildman–Crippen LogP) is 2.50. The standard InChI is InChI=1S/C21H27N7O/c1-5-28-19-17(24-25-28)18(22-14-23-19)26-10-12-27(13-11-26)20(29)15-6-8-16(9-7-15)21(2,3)4/h6-9,14H,5,10-13H2,1-4H3. The summed E-state index contributed by atoms with van der Waals surface area (Å²) in [6, 6.07) is 7.98. The third-order valence-electron chi connectivity index (χ3n) is 5.44. The summed E-state index contributed by atoms with van der Waals surface area (Å²) in [6.45, 7) is 11.9. The molecule has 3 aromatic rings. The maximum atomic E-state index is 12.9. The lowest BCUT2D eigenvalue weighted by atomic mass is 9.86. The van der Waals surface area contributed by atoms with Crippen molar-refractivity contribution >= 4 is 22.9 Å².